The molecule has 176 valence electrons. The molecule has 2 aromatic rings. The summed E-state index contributed by atoms with van der Waals surface area (Å²) < 4.78 is 10.9. The molecule has 8 nitrogen and oxygen atoms in total. The van der Waals surface area contributed by atoms with Crippen LogP contribution in [0.2, 0.25) is 0 Å². The van der Waals surface area contributed by atoms with Gasteiger partial charge < -0.3 is 14.8 Å². The normalized spacial score (nSPS) is 17.3. The SMILES string of the molecule is CCCN1C(=O)C(=C2C(=O)N(CC(=O)Nc3ccc(OC)cc3OC)c3ccccc32)SC1=S. The van der Waals surface area contributed by atoms with Gasteiger partial charge in [0.1, 0.15) is 22.4 Å². The molecule has 2 aromatic carbocycles. The summed E-state index contributed by atoms with van der Waals surface area (Å²) in [5, 5.41) is 2.78. The van der Waals surface area contributed by atoms with Crippen molar-refractivity contribution in [3.8, 4) is 11.5 Å². The third-order valence-electron chi connectivity index (χ3n) is 5.43. The number of benzene rings is 2. The Morgan fingerprint density at radius 1 is 1.06 bits per heavy atom. The summed E-state index contributed by atoms with van der Waals surface area (Å²) in [6, 6.07) is 12.1. The number of carbonyl (C=O) groups is 3. The minimum absolute atomic E-state index is 0.232. The number of amides is 3. The van der Waals surface area contributed by atoms with Crippen LogP contribution in [0, 0.1) is 0 Å². The molecule has 0 unspecified atom stereocenters. The number of nitrogens with one attached hydrogen (secondary N) is 1. The lowest BCUT2D eigenvalue weighted by Gasteiger charge is -2.18. The van der Waals surface area contributed by atoms with Crippen molar-refractivity contribution in [3.63, 3.8) is 0 Å². The highest BCUT2D eigenvalue weighted by Crippen LogP contribution is 2.44. The first-order valence-corrected chi connectivity index (χ1v) is 11.8. The Kier molecular flexibility index (Phi) is 6.90. The van der Waals surface area contributed by atoms with Crippen LogP contribution in [0.15, 0.2) is 47.4 Å². The van der Waals surface area contributed by atoms with Crippen LogP contribution in [0.1, 0.15) is 18.9 Å². The number of methoxy groups -OCH3 is 2. The second-order valence-corrected chi connectivity index (χ2v) is 9.20. The highest BCUT2D eigenvalue weighted by atomic mass is 32.2. The molecule has 34 heavy (non-hydrogen) atoms. The average molecular weight is 498 g/mol. The van der Waals surface area contributed by atoms with E-state index in [2.05, 4.69) is 5.32 Å². The van der Waals surface area contributed by atoms with Crippen molar-refractivity contribution in [3.05, 3.63) is 52.9 Å². The molecule has 0 radical (unpaired) electrons. The van der Waals surface area contributed by atoms with Crippen LogP contribution in [0.4, 0.5) is 11.4 Å². The summed E-state index contributed by atoms with van der Waals surface area (Å²) in [5.41, 5.74) is 1.91. The van der Waals surface area contributed by atoms with Crippen LogP contribution in [0.3, 0.4) is 0 Å². The predicted octanol–water partition coefficient (Wildman–Crippen LogP) is 3.67. The molecule has 10 heteroatoms. The number of ether oxygens (including phenoxy) is 2. The zero-order valence-electron chi connectivity index (χ0n) is 18.9. The van der Waals surface area contributed by atoms with Gasteiger partial charge in [-0.1, -0.05) is 49.1 Å². The predicted molar refractivity (Wildman–Crippen MR) is 136 cm³/mol. The van der Waals surface area contributed by atoms with Crippen molar-refractivity contribution in [2.45, 2.75) is 13.3 Å². The third-order valence-corrected chi connectivity index (χ3v) is 6.88. The van der Waals surface area contributed by atoms with E-state index in [4.69, 9.17) is 21.7 Å². The van der Waals surface area contributed by atoms with E-state index in [0.29, 0.717) is 44.2 Å². The van der Waals surface area contributed by atoms with Crippen molar-refractivity contribution >= 4 is 63.0 Å². The highest BCUT2D eigenvalue weighted by Gasteiger charge is 2.42. The van der Waals surface area contributed by atoms with E-state index < -0.39 is 11.8 Å². The lowest BCUT2D eigenvalue weighted by atomic mass is 10.1. The maximum atomic E-state index is 13.5. The van der Waals surface area contributed by atoms with Crippen molar-refractivity contribution in [2.75, 3.05) is 37.5 Å². The first-order chi connectivity index (χ1) is 16.4. The molecule has 2 aliphatic rings. The lowest BCUT2D eigenvalue weighted by molar-refractivity contribution is -0.122. The molecule has 0 aromatic heterocycles. The Morgan fingerprint density at radius 2 is 1.82 bits per heavy atom. The van der Waals surface area contributed by atoms with E-state index in [0.717, 1.165) is 18.2 Å². The molecule has 0 saturated carbocycles. The third kappa shape index (κ3) is 4.26. The van der Waals surface area contributed by atoms with E-state index >= 15 is 0 Å². The smallest absolute Gasteiger partial charge is 0.267 e. The molecule has 1 N–H and O–H groups in total. The van der Waals surface area contributed by atoms with Crippen LogP contribution in [-0.4, -0.2) is 54.3 Å². The largest absolute Gasteiger partial charge is 0.497 e. The fourth-order valence-electron chi connectivity index (χ4n) is 3.86. The van der Waals surface area contributed by atoms with Crippen LogP contribution in [0.25, 0.3) is 5.57 Å². The topological polar surface area (TPSA) is 88.2 Å². The van der Waals surface area contributed by atoms with Gasteiger partial charge in [-0.3, -0.25) is 24.2 Å². The van der Waals surface area contributed by atoms with Crippen LogP contribution in [-0.2, 0) is 14.4 Å². The van der Waals surface area contributed by atoms with E-state index in [1.165, 1.54) is 24.0 Å². The average Bonchev–Trinajstić information content (AvgIpc) is 3.27. The van der Waals surface area contributed by atoms with Crippen LogP contribution in [0.5, 0.6) is 11.5 Å². The fraction of sp³-hybridized carbons (Fsp3) is 0.250. The number of thioether (sulfide) groups is 1. The van der Waals surface area contributed by atoms with E-state index in [-0.39, 0.29) is 18.0 Å². The van der Waals surface area contributed by atoms with Gasteiger partial charge in [-0.2, -0.15) is 0 Å². The zero-order valence-corrected chi connectivity index (χ0v) is 20.5. The maximum Gasteiger partial charge on any atom is 0.267 e. The molecule has 0 bridgehead atoms. The Labute approximate surface area is 206 Å². The molecule has 0 atom stereocenters. The van der Waals surface area contributed by atoms with Crippen molar-refractivity contribution in [2.24, 2.45) is 0 Å². The van der Waals surface area contributed by atoms with E-state index in [1.807, 2.05) is 6.92 Å². The Balaban J connectivity index is 1.62. The molecule has 4 rings (SSSR count). The lowest BCUT2D eigenvalue weighted by Crippen LogP contribution is -2.35. The Bertz CT molecular complexity index is 1230. The molecular weight excluding hydrogens is 474 g/mol. The highest BCUT2D eigenvalue weighted by molar-refractivity contribution is 8.26. The quantitative estimate of drug-likeness (QED) is 0.461. The summed E-state index contributed by atoms with van der Waals surface area (Å²) in [6.07, 6.45) is 0.751. The van der Waals surface area contributed by atoms with Gasteiger partial charge >= 0.3 is 0 Å². The number of rotatable bonds is 7. The second-order valence-electron chi connectivity index (χ2n) is 7.55. The summed E-state index contributed by atoms with van der Waals surface area (Å²) in [7, 11) is 3.03. The van der Waals surface area contributed by atoms with Gasteiger partial charge in [0.25, 0.3) is 11.8 Å². The van der Waals surface area contributed by atoms with Crippen molar-refractivity contribution < 1.29 is 23.9 Å². The number of carbonyl (C=O) groups excluding carboxylic acids is 3. The Morgan fingerprint density at radius 3 is 2.53 bits per heavy atom. The number of anilines is 2. The molecule has 0 aliphatic carbocycles. The summed E-state index contributed by atoms with van der Waals surface area (Å²) in [6.45, 7) is 2.22. The second kappa shape index (κ2) is 9.86. The van der Waals surface area contributed by atoms with Crippen molar-refractivity contribution in [1.29, 1.82) is 0 Å². The monoisotopic (exact) mass is 497 g/mol. The molecule has 1 saturated heterocycles. The number of nitrogens with zero attached hydrogens (tertiary/aromatic N) is 2. The number of para-hydroxylation sites is 1. The van der Waals surface area contributed by atoms with Gasteiger partial charge in [0.05, 0.1) is 36.1 Å². The summed E-state index contributed by atoms with van der Waals surface area (Å²) >= 11 is 6.50. The van der Waals surface area contributed by atoms with Gasteiger partial charge in [0.15, 0.2) is 0 Å². The minimum atomic E-state index is -0.411. The van der Waals surface area contributed by atoms with Gasteiger partial charge in [-0.15, -0.1) is 0 Å². The van der Waals surface area contributed by atoms with Crippen molar-refractivity contribution in [1.82, 2.24) is 4.90 Å². The standard InChI is InChI=1S/C24H23N3O5S2/c1-4-11-26-23(30)21(34-24(26)33)20-15-7-5-6-8-17(15)27(22(20)29)13-19(28)25-16-10-9-14(31-2)12-18(16)32-3/h5-10,12H,4,11,13H2,1-3H3,(H,25,28). The van der Waals surface area contributed by atoms with Crippen LogP contribution >= 0.6 is 24.0 Å². The molecule has 2 heterocycles. The molecule has 2 aliphatic heterocycles. The maximum absolute atomic E-state index is 13.5. The fourth-order valence-corrected chi connectivity index (χ4v) is 5.24. The van der Waals surface area contributed by atoms with Gasteiger partial charge in [0.2, 0.25) is 5.91 Å². The van der Waals surface area contributed by atoms with E-state index in [1.54, 1.807) is 42.5 Å². The minimum Gasteiger partial charge on any atom is -0.497 e. The summed E-state index contributed by atoms with van der Waals surface area (Å²) in [5.74, 6) is -0.0737. The van der Waals surface area contributed by atoms with E-state index in [9.17, 15) is 14.4 Å². The molecule has 1 fully saturated rings. The number of thiocarbonyl (C=S) groups is 1. The zero-order chi connectivity index (χ0) is 24.4. The summed E-state index contributed by atoms with van der Waals surface area (Å²) in [4.78, 5) is 42.6. The number of hydrogen-bond donors (Lipinski definition) is 1. The van der Waals surface area contributed by atoms with Crippen LogP contribution < -0.4 is 19.7 Å². The van der Waals surface area contributed by atoms with Gasteiger partial charge in [-0.05, 0) is 24.6 Å². The first kappa shape index (κ1) is 23.8. The van der Waals surface area contributed by atoms with Gasteiger partial charge in [-0.25, -0.2) is 0 Å². The molecule has 0 spiro atoms. The number of hydrogen-bond acceptors (Lipinski definition) is 7. The number of fused-ring (bicyclic) bond motifs is 1. The van der Waals surface area contributed by atoms with Gasteiger partial charge in [0, 0.05) is 18.2 Å². The first-order valence-electron chi connectivity index (χ1n) is 10.6. The molecular formula is C24H23N3O5S2. The Hall–Kier alpha value is -3.37. The molecule has 3 amide bonds.